The highest BCUT2D eigenvalue weighted by atomic mass is 31.2. The second kappa shape index (κ2) is 10.8. The first-order valence-corrected chi connectivity index (χ1v) is 13.0. The average Bonchev–Trinajstić information content (AvgIpc) is 2.77. The van der Waals surface area contributed by atoms with Gasteiger partial charge in [0.2, 0.25) is 5.85 Å². The lowest BCUT2D eigenvalue weighted by Crippen LogP contribution is -2.51. The molecule has 0 heterocycles. The van der Waals surface area contributed by atoms with Gasteiger partial charge in [-0.2, -0.15) is 0 Å². The summed E-state index contributed by atoms with van der Waals surface area (Å²) in [6.07, 6.45) is 0.763. The third-order valence-electron chi connectivity index (χ3n) is 5.43. The molecule has 0 atom stereocenters. The van der Waals surface area contributed by atoms with Crippen molar-refractivity contribution < 1.29 is 23.6 Å². The molecule has 35 heavy (non-hydrogen) atoms. The fraction of sp³-hybridized carbons (Fsp3) is 0.259. The molecule has 0 aliphatic carbocycles. The van der Waals surface area contributed by atoms with E-state index in [0.717, 1.165) is 34.3 Å². The van der Waals surface area contributed by atoms with Gasteiger partial charge >= 0.3 is 7.82 Å². The van der Waals surface area contributed by atoms with E-state index < -0.39 is 13.7 Å². The molecule has 6 N–H and O–H groups in total. The number of phosphoric acid groups is 1. The van der Waals surface area contributed by atoms with E-state index in [2.05, 4.69) is 45.0 Å². The van der Waals surface area contributed by atoms with E-state index >= 15 is 0 Å². The van der Waals surface area contributed by atoms with Crippen molar-refractivity contribution >= 4 is 19.0 Å². The Labute approximate surface area is 206 Å². The van der Waals surface area contributed by atoms with Gasteiger partial charge in [0.1, 0.15) is 11.5 Å². The van der Waals surface area contributed by atoms with Gasteiger partial charge in [0.15, 0.2) is 0 Å². The zero-order valence-corrected chi connectivity index (χ0v) is 21.3. The monoisotopic (exact) mass is 496 g/mol. The Morgan fingerprint density at radius 1 is 0.857 bits per heavy atom. The van der Waals surface area contributed by atoms with Crippen LogP contribution in [-0.2, 0) is 4.57 Å². The Hall–Kier alpha value is -2.93. The minimum absolute atomic E-state index is 0.0923. The molecular weight excluding hydrogens is 463 g/mol. The van der Waals surface area contributed by atoms with Gasteiger partial charge in [-0.3, -0.25) is 21.3 Å². The molecule has 0 aromatic heterocycles. The summed E-state index contributed by atoms with van der Waals surface area (Å²) in [5.41, 5.74) is 17.8. The summed E-state index contributed by atoms with van der Waals surface area (Å²) in [6, 6.07) is 22.7. The van der Waals surface area contributed by atoms with Gasteiger partial charge in [-0.15, -0.1) is 0 Å². The molecule has 3 aromatic carbocycles. The van der Waals surface area contributed by atoms with Gasteiger partial charge < -0.3 is 9.26 Å². The molecule has 0 radical (unpaired) electrons. The molecule has 7 nitrogen and oxygen atoms in total. The Bertz CT molecular complexity index is 1210. The van der Waals surface area contributed by atoms with E-state index in [0.29, 0.717) is 11.7 Å². The van der Waals surface area contributed by atoms with Crippen LogP contribution >= 0.6 is 7.82 Å². The first kappa shape index (κ1) is 26.7. The molecule has 0 saturated heterocycles. The molecule has 8 heteroatoms. The molecule has 0 aliphatic rings. The molecule has 0 unspecified atom stereocenters. The first-order chi connectivity index (χ1) is 16.4. The minimum atomic E-state index is -4.64. The molecule has 0 fully saturated rings. The highest BCUT2D eigenvalue weighted by Gasteiger charge is 2.18. The predicted octanol–water partition coefficient (Wildman–Crippen LogP) is 5.62. The average molecular weight is 497 g/mol. The summed E-state index contributed by atoms with van der Waals surface area (Å²) < 4.78 is 21.5. The summed E-state index contributed by atoms with van der Waals surface area (Å²) in [5, 5.41) is 0. The highest BCUT2D eigenvalue weighted by Crippen LogP contribution is 2.40. The number of ether oxygens (including phenoxy) is 1. The van der Waals surface area contributed by atoms with Crippen LogP contribution in [0.2, 0.25) is 0 Å². The molecule has 0 saturated carbocycles. The predicted molar refractivity (Wildman–Crippen MR) is 140 cm³/mol. The zero-order valence-electron chi connectivity index (χ0n) is 20.4. The molecule has 0 bridgehead atoms. The second-order valence-corrected chi connectivity index (χ2v) is 10.1. The van der Waals surface area contributed by atoms with Crippen molar-refractivity contribution in [3.63, 3.8) is 0 Å². The van der Waals surface area contributed by atoms with Crippen LogP contribution in [0.1, 0.15) is 62.3 Å². The Morgan fingerprint density at radius 3 is 1.71 bits per heavy atom. The van der Waals surface area contributed by atoms with Crippen molar-refractivity contribution in [1.29, 1.82) is 0 Å². The third-order valence-corrected chi connectivity index (χ3v) is 5.88. The number of hydrogen-bond donors (Lipinski definition) is 4. The third kappa shape index (κ3) is 7.52. The van der Waals surface area contributed by atoms with E-state index in [4.69, 9.17) is 30.5 Å². The van der Waals surface area contributed by atoms with Gasteiger partial charge in [-0.1, -0.05) is 69.3 Å². The van der Waals surface area contributed by atoms with Crippen LogP contribution in [0.4, 0.5) is 0 Å². The first-order valence-electron chi connectivity index (χ1n) is 11.4. The van der Waals surface area contributed by atoms with Crippen LogP contribution in [-0.4, -0.2) is 15.6 Å². The zero-order chi connectivity index (χ0) is 25.8. The van der Waals surface area contributed by atoms with Crippen molar-refractivity contribution in [3.8, 4) is 11.5 Å². The number of benzene rings is 3. The Kier molecular flexibility index (Phi) is 8.21. The number of allylic oxidation sites excluding steroid dienone is 1. The number of hydrogen-bond acceptors (Lipinski definition) is 5. The van der Waals surface area contributed by atoms with E-state index in [1.165, 1.54) is 5.56 Å². The van der Waals surface area contributed by atoms with Gasteiger partial charge in [-0.25, -0.2) is 4.57 Å². The van der Waals surface area contributed by atoms with Crippen LogP contribution in [0.5, 0.6) is 11.5 Å². The fourth-order valence-corrected chi connectivity index (χ4v) is 4.27. The van der Waals surface area contributed by atoms with Crippen LogP contribution < -0.4 is 20.7 Å². The summed E-state index contributed by atoms with van der Waals surface area (Å²) in [6.45, 7) is 8.00. The van der Waals surface area contributed by atoms with Crippen LogP contribution in [0.3, 0.4) is 0 Å². The van der Waals surface area contributed by atoms with Gasteiger partial charge in [-0.05, 0) is 70.0 Å². The standard InChI is InChI=1S/C27H33N2O5P/c1-5-25(20-8-6-19(7-9-20)18(2)3)26(21-10-14-23(15-11-21)33-27(4,28)29)22-12-16-24(17-13-22)34-35(30,31)32/h6-18H,5,28-29H2,1-4H3,(H2,30,31,32)/b26-25+. The van der Waals surface area contributed by atoms with Crippen molar-refractivity contribution in [2.75, 3.05) is 0 Å². The quantitative estimate of drug-likeness (QED) is 0.172. The normalized spacial score (nSPS) is 12.9. The van der Waals surface area contributed by atoms with Gasteiger partial charge in [0, 0.05) is 6.92 Å². The summed E-state index contributed by atoms with van der Waals surface area (Å²) in [7, 11) is -4.64. The van der Waals surface area contributed by atoms with E-state index in [-0.39, 0.29) is 5.75 Å². The molecule has 3 aromatic rings. The Balaban J connectivity index is 2.13. The van der Waals surface area contributed by atoms with Gasteiger partial charge in [0.25, 0.3) is 0 Å². The molecule has 186 valence electrons. The number of phosphoric ester groups is 1. The maximum absolute atomic E-state index is 11.2. The topological polar surface area (TPSA) is 128 Å². The van der Waals surface area contributed by atoms with E-state index in [9.17, 15) is 4.57 Å². The van der Waals surface area contributed by atoms with Crippen LogP contribution in [0.25, 0.3) is 11.1 Å². The van der Waals surface area contributed by atoms with Gasteiger partial charge in [0.05, 0.1) is 0 Å². The lowest BCUT2D eigenvalue weighted by Gasteiger charge is -2.21. The number of rotatable bonds is 9. The fourth-order valence-electron chi connectivity index (χ4n) is 3.87. The SMILES string of the molecule is CC/C(=C(/c1ccc(OC(C)(N)N)cc1)c1ccc(OP(=O)(O)O)cc1)c1ccc(C(C)C)cc1. The van der Waals surface area contributed by atoms with Crippen molar-refractivity contribution in [2.45, 2.75) is 45.9 Å². The summed E-state index contributed by atoms with van der Waals surface area (Å²) >= 11 is 0. The largest absolute Gasteiger partial charge is 0.524 e. The van der Waals surface area contributed by atoms with Crippen molar-refractivity contribution in [1.82, 2.24) is 0 Å². The van der Waals surface area contributed by atoms with Crippen LogP contribution in [0, 0.1) is 0 Å². The molecular formula is C27H33N2O5P. The maximum atomic E-state index is 11.2. The Morgan fingerprint density at radius 2 is 1.31 bits per heavy atom. The highest BCUT2D eigenvalue weighted by molar-refractivity contribution is 7.46. The summed E-state index contributed by atoms with van der Waals surface area (Å²) in [5.74, 6) is -0.218. The minimum Gasteiger partial charge on any atom is -0.460 e. The van der Waals surface area contributed by atoms with Crippen LogP contribution in [0.15, 0.2) is 72.8 Å². The summed E-state index contributed by atoms with van der Waals surface area (Å²) in [4.78, 5) is 18.2. The lowest BCUT2D eigenvalue weighted by atomic mass is 9.87. The molecule has 0 aliphatic heterocycles. The molecule has 0 spiro atoms. The van der Waals surface area contributed by atoms with Crippen molar-refractivity contribution in [2.24, 2.45) is 11.5 Å². The number of nitrogens with two attached hydrogens (primary N) is 2. The lowest BCUT2D eigenvalue weighted by molar-refractivity contribution is 0.104. The smallest absolute Gasteiger partial charge is 0.460 e. The van der Waals surface area contributed by atoms with Crippen molar-refractivity contribution in [3.05, 3.63) is 95.1 Å². The molecule has 3 rings (SSSR count). The molecule has 0 amide bonds. The van der Waals surface area contributed by atoms with E-state index in [1.54, 1.807) is 31.2 Å². The van der Waals surface area contributed by atoms with E-state index in [1.807, 2.05) is 24.3 Å². The maximum Gasteiger partial charge on any atom is 0.524 e. The second-order valence-electron chi connectivity index (χ2n) is 8.90.